The van der Waals surface area contributed by atoms with Gasteiger partial charge >= 0.3 is 0 Å². The minimum atomic E-state index is 0.0259. The fourth-order valence-corrected chi connectivity index (χ4v) is 2.80. The van der Waals surface area contributed by atoms with E-state index in [0.29, 0.717) is 13.0 Å². The smallest absolute Gasteiger partial charge is 0.223 e. The third-order valence-electron chi connectivity index (χ3n) is 3.99. The first-order valence-electron chi connectivity index (χ1n) is 7.28. The number of carbonyl (C=O) groups excluding carboxylic acids is 1. The number of ether oxygens (including phenoxy) is 1. The quantitative estimate of drug-likeness (QED) is 0.895. The molecule has 0 aliphatic carbocycles. The van der Waals surface area contributed by atoms with Gasteiger partial charge in [0.05, 0.1) is 7.11 Å². The van der Waals surface area contributed by atoms with Gasteiger partial charge < -0.3 is 15.4 Å². The molecule has 2 N–H and O–H groups in total. The molecule has 0 radical (unpaired) electrons. The highest BCUT2D eigenvalue weighted by molar-refractivity contribution is 5.77. The van der Waals surface area contributed by atoms with E-state index >= 15 is 0 Å². The van der Waals surface area contributed by atoms with E-state index in [9.17, 15) is 4.79 Å². The monoisotopic (exact) mass is 276 g/mol. The number of benzene rings is 1. The highest BCUT2D eigenvalue weighted by Crippen LogP contribution is 2.30. The number of rotatable bonds is 5. The summed E-state index contributed by atoms with van der Waals surface area (Å²) in [5.74, 6) is 1.06. The predicted molar refractivity (Wildman–Crippen MR) is 80.0 cm³/mol. The van der Waals surface area contributed by atoms with Gasteiger partial charge in [-0.3, -0.25) is 4.79 Å². The number of nitrogens with zero attached hydrogens (tertiary/aromatic N) is 1. The van der Waals surface area contributed by atoms with E-state index in [-0.39, 0.29) is 11.8 Å². The number of amides is 1. The first-order chi connectivity index (χ1) is 9.65. The lowest BCUT2D eigenvalue weighted by Crippen LogP contribution is -2.30. The Balaban J connectivity index is 2.14. The first-order valence-corrected chi connectivity index (χ1v) is 7.28. The molecule has 4 heteroatoms. The molecule has 1 amide bonds. The van der Waals surface area contributed by atoms with Crippen molar-refractivity contribution >= 4 is 5.91 Å². The molecule has 1 heterocycles. The van der Waals surface area contributed by atoms with Crippen LogP contribution in [0.2, 0.25) is 0 Å². The number of hydrogen-bond acceptors (Lipinski definition) is 3. The number of carbonyl (C=O) groups is 1. The van der Waals surface area contributed by atoms with Crippen molar-refractivity contribution in [1.82, 2.24) is 4.90 Å². The maximum absolute atomic E-state index is 12.3. The molecule has 0 aromatic heterocycles. The van der Waals surface area contributed by atoms with Crippen molar-refractivity contribution in [3.05, 3.63) is 29.3 Å². The van der Waals surface area contributed by atoms with Crippen LogP contribution in [0.1, 0.15) is 36.3 Å². The Kier molecular flexibility index (Phi) is 5.01. The summed E-state index contributed by atoms with van der Waals surface area (Å²) in [6, 6.07) is 6.04. The van der Waals surface area contributed by atoms with Crippen LogP contribution in [-0.2, 0) is 4.79 Å². The van der Waals surface area contributed by atoms with Crippen molar-refractivity contribution in [2.45, 2.75) is 32.1 Å². The molecule has 20 heavy (non-hydrogen) atoms. The van der Waals surface area contributed by atoms with Gasteiger partial charge in [0.1, 0.15) is 5.75 Å². The Bertz CT molecular complexity index is 468. The number of methoxy groups -OCH3 is 1. The third kappa shape index (κ3) is 3.31. The summed E-state index contributed by atoms with van der Waals surface area (Å²) in [5, 5.41) is 0. The molecule has 1 aliphatic rings. The van der Waals surface area contributed by atoms with Crippen LogP contribution in [0.25, 0.3) is 0 Å². The molecule has 1 aromatic carbocycles. The standard InChI is InChI=1S/C16H24N2O2/c1-12-5-6-15(20-2)14(9-12)13(11-17)10-16(19)18-7-3-4-8-18/h5-6,9,13H,3-4,7-8,10-11,17H2,1-2H3. The van der Waals surface area contributed by atoms with Crippen LogP contribution in [0.5, 0.6) is 5.75 Å². The number of likely N-dealkylation sites (tertiary alicyclic amines) is 1. The van der Waals surface area contributed by atoms with Gasteiger partial charge in [-0.05, 0) is 37.9 Å². The van der Waals surface area contributed by atoms with Crippen LogP contribution >= 0.6 is 0 Å². The van der Waals surface area contributed by atoms with Gasteiger partial charge in [0.25, 0.3) is 0 Å². The maximum atomic E-state index is 12.3. The molecule has 1 saturated heterocycles. The van der Waals surface area contributed by atoms with E-state index in [2.05, 4.69) is 6.07 Å². The largest absolute Gasteiger partial charge is 0.496 e. The molecular weight excluding hydrogens is 252 g/mol. The molecule has 0 spiro atoms. The second-order valence-corrected chi connectivity index (χ2v) is 5.47. The number of hydrogen-bond donors (Lipinski definition) is 1. The first kappa shape index (κ1) is 14.9. The fraction of sp³-hybridized carbons (Fsp3) is 0.562. The summed E-state index contributed by atoms with van der Waals surface area (Å²) in [5.41, 5.74) is 8.10. The lowest BCUT2D eigenvalue weighted by molar-refractivity contribution is -0.130. The van der Waals surface area contributed by atoms with Gasteiger partial charge in [0.2, 0.25) is 5.91 Å². The second kappa shape index (κ2) is 6.75. The van der Waals surface area contributed by atoms with Crippen LogP contribution in [-0.4, -0.2) is 37.6 Å². The van der Waals surface area contributed by atoms with Crippen LogP contribution in [0.15, 0.2) is 18.2 Å². The predicted octanol–water partition coefficient (Wildman–Crippen LogP) is 2.06. The molecule has 2 rings (SSSR count). The molecule has 110 valence electrons. The van der Waals surface area contributed by atoms with Gasteiger partial charge in [-0.25, -0.2) is 0 Å². The zero-order chi connectivity index (χ0) is 14.5. The van der Waals surface area contributed by atoms with Crippen molar-refractivity contribution in [3.63, 3.8) is 0 Å². The minimum absolute atomic E-state index is 0.0259. The topological polar surface area (TPSA) is 55.6 Å². The van der Waals surface area contributed by atoms with Crippen LogP contribution in [0, 0.1) is 6.92 Å². The van der Waals surface area contributed by atoms with E-state index < -0.39 is 0 Å². The summed E-state index contributed by atoms with van der Waals surface area (Å²) >= 11 is 0. The van der Waals surface area contributed by atoms with Crippen molar-refractivity contribution in [3.8, 4) is 5.75 Å². The van der Waals surface area contributed by atoms with E-state index in [1.807, 2.05) is 24.0 Å². The van der Waals surface area contributed by atoms with Crippen LogP contribution in [0.4, 0.5) is 0 Å². The molecule has 1 aliphatic heterocycles. The molecule has 1 unspecified atom stereocenters. The minimum Gasteiger partial charge on any atom is -0.496 e. The van der Waals surface area contributed by atoms with Crippen LogP contribution in [0.3, 0.4) is 0 Å². The zero-order valence-corrected chi connectivity index (χ0v) is 12.4. The molecule has 0 saturated carbocycles. The molecular formula is C16H24N2O2. The Morgan fingerprint density at radius 1 is 1.40 bits per heavy atom. The average Bonchev–Trinajstić information content (AvgIpc) is 2.98. The summed E-state index contributed by atoms with van der Waals surface area (Å²) in [6.45, 7) is 4.28. The number of nitrogens with two attached hydrogens (primary N) is 1. The summed E-state index contributed by atoms with van der Waals surface area (Å²) < 4.78 is 5.41. The van der Waals surface area contributed by atoms with Crippen molar-refractivity contribution in [1.29, 1.82) is 0 Å². The molecule has 1 fully saturated rings. The van der Waals surface area contributed by atoms with E-state index in [1.165, 1.54) is 0 Å². The normalized spacial score (nSPS) is 16.2. The van der Waals surface area contributed by atoms with E-state index in [1.54, 1.807) is 7.11 Å². The van der Waals surface area contributed by atoms with Gasteiger partial charge in [-0.15, -0.1) is 0 Å². The van der Waals surface area contributed by atoms with Gasteiger partial charge in [-0.1, -0.05) is 17.7 Å². The third-order valence-corrected chi connectivity index (χ3v) is 3.99. The van der Waals surface area contributed by atoms with Gasteiger partial charge in [0.15, 0.2) is 0 Å². The average molecular weight is 276 g/mol. The molecule has 1 aromatic rings. The maximum Gasteiger partial charge on any atom is 0.223 e. The highest BCUT2D eigenvalue weighted by atomic mass is 16.5. The molecule has 1 atom stereocenters. The fourth-order valence-electron chi connectivity index (χ4n) is 2.80. The highest BCUT2D eigenvalue weighted by Gasteiger charge is 2.23. The Morgan fingerprint density at radius 2 is 2.10 bits per heavy atom. The van der Waals surface area contributed by atoms with E-state index in [0.717, 1.165) is 42.8 Å². The SMILES string of the molecule is COc1ccc(C)cc1C(CN)CC(=O)N1CCCC1. The Labute approximate surface area is 120 Å². The lowest BCUT2D eigenvalue weighted by atomic mass is 9.93. The Hall–Kier alpha value is -1.55. The number of aryl methyl sites for hydroxylation is 1. The molecule has 0 bridgehead atoms. The van der Waals surface area contributed by atoms with Crippen molar-refractivity contribution in [2.75, 3.05) is 26.7 Å². The zero-order valence-electron chi connectivity index (χ0n) is 12.4. The molecule has 4 nitrogen and oxygen atoms in total. The summed E-state index contributed by atoms with van der Waals surface area (Å²) in [7, 11) is 1.66. The lowest BCUT2D eigenvalue weighted by Gasteiger charge is -2.22. The van der Waals surface area contributed by atoms with E-state index in [4.69, 9.17) is 10.5 Å². The summed E-state index contributed by atoms with van der Waals surface area (Å²) in [6.07, 6.45) is 2.70. The van der Waals surface area contributed by atoms with Crippen molar-refractivity contribution < 1.29 is 9.53 Å². The van der Waals surface area contributed by atoms with Gasteiger partial charge in [0, 0.05) is 25.4 Å². The Morgan fingerprint density at radius 3 is 2.70 bits per heavy atom. The van der Waals surface area contributed by atoms with Gasteiger partial charge in [-0.2, -0.15) is 0 Å². The summed E-state index contributed by atoms with van der Waals surface area (Å²) in [4.78, 5) is 14.3. The van der Waals surface area contributed by atoms with Crippen molar-refractivity contribution in [2.24, 2.45) is 5.73 Å². The second-order valence-electron chi connectivity index (χ2n) is 5.47. The van der Waals surface area contributed by atoms with Crippen LogP contribution < -0.4 is 10.5 Å².